The fourth-order valence-electron chi connectivity index (χ4n) is 2.39. The molecule has 0 radical (unpaired) electrons. The summed E-state index contributed by atoms with van der Waals surface area (Å²) in [5, 5.41) is 22.4. The van der Waals surface area contributed by atoms with E-state index in [0.717, 1.165) is 25.7 Å². The van der Waals surface area contributed by atoms with Crippen LogP contribution in [-0.4, -0.2) is 48.2 Å². The average molecular weight is 259 g/mol. The van der Waals surface area contributed by atoms with E-state index >= 15 is 0 Å². The summed E-state index contributed by atoms with van der Waals surface area (Å²) in [4.78, 5) is 0. The molecular formula is C14H29NO3. The molecule has 1 saturated carbocycles. The number of aliphatic hydroxyl groups excluding tert-OH is 2. The highest BCUT2D eigenvalue weighted by Crippen LogP contribution is 2.20. The van der Waals surface area contributed by atoms with Crippen LogP contribution >= 0.6 is 0 Å². The Morgan fingerprint density at radius 2 is 1.78 bits per heavy atom. The summed E-state index contributed by atoms with van der Waals surface area (Å²) in [6.45, 7) is 3.50. The first-order valence-corrected chi connectivity index (χ1v) is 7.40. The van der Waals surface area contributed by atoms with E-state index in [1.165, 1.54) is 19.3 Å². The number of aliphatic hydroxyl groups is 2. The largest absolute Gasteiger partial charge is 0.392 e. The molecule has 1 rings (SSSR count). The Kier molecular flexibility index (Phi) is 8.59. The van der Waals surface area contributed by atoms with E-state index in [0.29, 0.717) is 25.8 Å². The van der Waals surface area contributed by atoms with Gasteiger partial charge in [0.25, 0.3) is 0 Å². The van der Waals surface area contributed by atoms with Crippen LogP contribution in [0.15, 0.2) is 0 Å². The highest BCUT2D eigenvalue weighted by Gasteiger charge is 2.15. The molecule has 18 heavy (non-hydrogen) atoms. The number of hydrogen-bond acceptors (Lipinski definition) is 4. The lowest BCUT2D eigenvalue weighted by Crippen LogP contribution is -2.36. The highest BCUT2D eigenvalue weighted by atomic mass is 16.5. The summed E-state index contributed by atoms with van der Waals surface area (Å²) >= 11 is 0. The summed E-state index contributed by atoms with van der Waals surface area (Å²) in [5.74, 6) is 0. The van der Waals surface area contributed by atoms with Gasteiger partial charge in [-0.15, -0.1) is 0 Å². The van der Waals surface area contributed by atoms with Gasteiger partial charge in [-0.2, -0.15) is 0 Å². The molecule has 2 atom stereocenters. The van der Waals surface area contributed by atoms with Crippen LogP contribution in [0.4, 0.5) is 0 Å². The molecule has 0 spiro atoms. The van der Waals surface area contributed by atoms with Gasteiger partial charge in [-0.1, -0.05) is 32.6 Å². The van der Waals surface area contributed by atoms with Gasteiger partial charge in [0.15, 0.2) is 0 Å². The van der Waals surface area contributed by atoms with Gasteiger partial charge >= 0.3 is 0 Å². The Labute approximate surface area is 111 Å². The SMILES string of the molecule is CCCC(O)CNCC(O)COC1CCCCC1. The van der Waals surface area contributed by atoms with E-state index in [2.05, 4.69) is 12.2 Å². The maximum absolute atomic E-state index is 9.75. The van der Waals surface area contributed by atoms with Crippen LogP contribution in [0.2, 0.25) is 0 Å². The Balaban J connectivity index is 1.97. The summed E-state index contributed by atoms with van der Waals surface area (Å²) in [7, 11) is 0. The van der Waals surface area contributed by atoms with E-state index in [1.54, 1.807) is 0 Å². The second-order valence-electron chi connectivity index (χ2n) is 5.35. The molecule has 0 saturated heterocycles. The van der Waals surface area contributed by atoms with E-state index in [9.17, 15) is 10.2 Å². The molecule has 1 aliphatic carbocycles. The van der Waals surface area contributed by atoms with Crippen LogP contribution in [0.3, 0.4) is 0 Å². The van der Waals surface area contributed by atoms with Crippen molar-refractivity contribution in [1.82, 2.24) is 5.32 Å². The third kappa shape index (κ3) is 7.31. The summed E-state index contributed by atoms with van der Waals surface area (Å²) in [6, 6.07) is 0. The Morgan fingerprint density at radius 1 is 1.11 bits per heavy atom. The van der Waals surface area contributed by atoms with Crippen molar-refractivity contribution < 1.29 is 14.9 Å². The number of hydrogen-bond donors (Lipinski definition) is 3. The zero-order chi connectivity index (χ0) is 13.2. The van der Waals surface area contributed by atoms with Crippen LogP contribution < -0.4 is 5.32 Å². The predicted molar refractivity (Wildman–Crippen MR) is 72.6 cm³/mol. The van der Waals surface area contributed by atoms with Gasteiger partial charge < -0.3 is 20.3 Å². The van der Waals surface area contributed by atoms with Crippen molar-refractivity contribution in [1.29, 1.82) is 0 Å². The zero-order valence-electron chi connectivity index (χ0n) is 11.6. The molecule has 0 aromatic rings. The molecule has 0 heterocycles. The molecule has 0 bridgehead atoms. The van der Waals surface area contributed by atoms with Crippen LogP contribution in [0.25, 0.3) is 0 Å². The Morgan fingerprint density at radius 3 is 2.44 bits per heavy atom. The minimum absolute atomic E-state index is 0.304. The highest BCUT2D eigenvalue weighted by molar-refractivity contribution is 4.68. The molecule has 0 aliphatic heterocycles. The lowest BCUT2D eigenvalue weighted by molar-refractivity contribution is -0.0235. The third-order valence-electron chi connectivity index (χ3n) is 3.46. The molecule has 2 unspecified atom stereocenters. The van der Waals surface area contributed by atoms with Gasteiger partial charge in [0.2, 0.25) is 0 Å². The number of nitrogens with one attached hydrogen (secondary N) is 1. The van der Waals surface area contributed by atoms with Crippen molar-refractivity contribution in [2.24, 2.45) is 0 Å². The van der Waals surface area contributed by atoms with Gasteiger partial charge in [-0.05, 0) is 19.3 Å². The molecule has 1 fully saturated rings. The molecule has 4 nitrogen and oxygen atoms in total. The zero-order valence-corrected chi connectivity index (χ0v) is 11.6. The predicted octanol–water partition coefficient (Wildman–Crippen LogP) is 1.45. The molecule has 108 valence electrons. The van der Waals surface area contributed by atoms with Crippen molar-refractivity contribution in [2.45, 2.75) is 70.2 Å². The molecule has 0 aromatic carbocycles. The molecule has 3 N–H and O–H groups in total. The molecule has 4 heteroatoms. The van der Waals surface area contributed by atoms with Gasteiger partial charge in [0.1, 0.15) is 0 Å². The number of rotatable bonds is 9. The van der Waals surface area contributed by atoms with Crippen molar-refractivity contribution in [2.75, 3.05) is 19.7 Å². The monoisotopic (exact) mass is 259 g/mol. The first-order valence-electron chi connectivity index (χ1n) is 7.40. The first kappa shape index (κ1) is 15.9. The van der Waals surface area contributed by atoms with Crippen molar-refractivity contribution in [3.05, 3.63) is 0 Å². The van der Waals surface area contributed by atoms with Gasteiger partial charge in [0, 0.05) is 13.1 Å². The van der Waals surface area contributed by atoms with E-state index < -0.39 is 6.10 Å². The molecule has 1 aliphatic rings. The van der Waals surface area contributed by atoms with Crippen LogP contribution in [0.5, 0.6) is 0 Å². The van der Waals surface area contributed by atoms with Gasteiger partial charge in [-0.25, -0.2) is 0 Å². The quantitative estimate of drug-likeness (QED) is 0.586. The fraction of sp³-hybridized carbons (Fsp3) is 1.00. The average Bonchev–Trinajstić information content (AvgIpc) is 2.38. The van der Waals surface area contributed by atoms with Crippen LogP contribution in [0, 0.1) is 0 Å². The topological polar surface area (TPSA) is 61.7 Å². The Hall–Kier alpha value is -0.160. The molecule has 0 aromatic heterocycles. The van der Waals surface area contributed by atoms with Crippen molar-refractivity contribution >= 4 is 0 Å². The lowest BCUT2D eigenvalue weighted by atomic mass is 9.98. The van der Waals surface area contributed by atoms with Crippen molar-refractivity contribution in [3.63, 3.8) is 0 Å². The van der Waals surface area contributed by atoms with E-state index in [1.807, 2.05) is 0 Å². The second kappa shape index (κ2) is 9.73. The molecule has 0 amide bonds. The molecular weight excluding hydrogens is 230 g/mol. The maximum atomic E-state index is 9.75. The van der Waals surface area contributed by atoms with Crippen LogP contribution in [0.1, 0.15) is 51.9 Å². The van der Waals surface area contributed by atoms with Crippen LogP contribution in [-0.2, 0) is 4.74 Å². The van der Waals surface area contributed by atoms with E-state index in [4.69, 9.17) is 4.74 Å². The second-order valence-corrected chi connectivity index (χ2v) is 5.35. The van der Waals surface area contributed by atoms with E-state index in [-0.39, 0.29) is 6.10 Å². The third-order valence-corrected chi connectivity index (χ3v) is 3.46. The van der Waals surface area contributed by atoms with Crippen molar-refractivity contribution in [3.8, 4) is 0 Å². The standard InChI is InChI=1S/C14H29NO3/c1-2-6-12(16)9-15-10-13(17)11-18-14-7-4-3-5-8-14/h12-17H,2-11H2,1H3. The normalized spacial score (nSPS) is 20.8. The summed E-state index contributed by atoms with van der Waals surface area (Å²) in [5.41, 5.74) is 0. The first-order chi connectivity index (χ1) is 8.72. The smallest absolute Gasteiger partial charge is 0.0897 e. The minimum Gasteiger partial charge on any atom is -0.392 e. The summed E-state index contributed by atoms with van der Waals surface area (Å²) in [6.07, 6.45) is 7.45. The Bertz CT molecular complexity index is 195. The van der Waals surface area contributed by atoms with Gasteiger partial charge in [-0.3, -0.25) is 0 Å². The fourth-order valence-corrected chi connectivity index (χ4v) is 2.39. The summed E-state index contributed by atoms with van der Waals surface area (Å²) < 4.78 is 5.70. The lowest BCUT2D eigenvalue weighted by Gasteiger charge is -2.23. The van der Waals surface area contributed by atoms with Gasteiger partial charge in [0.05, 0.1) is 24.9 Å². The minimum atomic E-state index is -0.472. The maximum Gasteiger partial charge on any atom is 0.0897 e. The number of ether oxygens (including phenoxy) is 1.